The van der Waals surface area contributed by atoms with Gasteiger partial charge in [-0.1, -0.05) is 36.0 Å². The van der Waals surface area contributed by atoms with Gasteiger partial charge in [-0.05, 0) is 36.4 Å². The highest BCUT2D eigenvalue weighted by Gasteiger charge is 2.39. The fourth-order valence-electron chi connectivity index (χ4n) is 2.67. The summed E-state index contributed by atoms with van der Waals surface area (Å²) in [7, 11) is -4.16. The molecule has 0 aliphatic carbocycles. The number of hydrogen-bond acceptors (Lipinski definition) is 5. The summed E-state index contributed by atoms with van der Waals surface area (Å²) in [5, 5.41) is 1.82. The van der Waals surface area contributed by atoms with Gasteiger partial charge in [0.05, 0.1) is 4.90 Å². The van der Waals surface area contributed by atoms with Gasteiger partial charge in [-0.25, -0.2) is 4.39 Å². The third-order valence-electron chi connectivity index (χ3n) is 4.07. The maximum Gasteiger partial charge on any atom is 0.284 e. The van der Waals surface area contributed by atoms with Crippen LogP contribution in [0.4, 0.5) is 10.1 Å². The highest BCUT2D eigenvalue weighted by atomic mass is 32.2. The molecule has 1 saturated heterocycles. The van der Waals surface area contributed by atoms with Gasteiger partial charge in [-0.2, -0.15) is 8.42 Å². The average molecular weight is 448 g/mol. The third-order valence-corrected chi connectivity index (χ3v) is 6.64. The van der Waals surface area contributed by atoms with Gasteiger partial charge in [0.1, 0.15) is 11.1 Å². The van der Waals surface area contributed by atoms with E-state index in [0.717, 1.165) is 36.0 Å². The van der Waals surface area contributed by atoms with Crippen LogP contribution in [0.5, 0.6) is 0 Å². The first-order valence-corrected chi connectivity index (χ1v) is 11.2. The van der Waals surface area contributed by atoms with Crippen molar-refractivity contribution in [3.05, 3.63) is 73.1 Å². The van der Waals surface area contributed by atoms with Crippen LogP contribution >= 0.6 is 11.8 Å². The highest BCUT2D eigenvalue weighted by molar-refractivity contribution is 8.16. The third kappa shape index (κ3) is 5.14. The molecule has 1 aliphatic rings. The van der Waals surface area contributed by atoms with E-state index in [1.54, 1.807) is 24.3 Å². The summed E-state index contributed by atoms with van der Waals surface area (Å²) in [5.41, 5.74) is 0.591. The second kappa shape index (κ2) is 9.23. The lowest BCUT2D eigenvalue weighted by atomic mass is 10.2. The van der Waals surface area contributed by atoms with E-state index in [4.69, 9.17) is 0 Å². The number of para-hydroxylation sites is 1. The van der Waals surface area contributed by atoms with Crippen LogP contribution in [0.25, 0.3) is 0 Å². The first kappa shape index (κ1) is 21.7. The van der Waals surface area contributed by atoms with E-state index in [9.17, 15) is 22.4 Å². The van der Waals surface area contributed by atoms with E-state index in [0.29, 0.717) is 5.69 Å². The topological polar surface area (TPSA) is 95.9 Å². The minimum Gasteiger partial charge on any atom is -0.326 e. The Morgan fingerprint density at radius 3 is 2.50 bits per heavy atom. The Bertz CT molecular complexity index is 1090. The van der Waals surface area contributed by atoms with Crippen molar-refractivity contribution >= 4 is 44.5 Å². The zero-order valence-electron chi connectivity index (χ0n) is 15.7. The largest absolute Gasteiger partial charge is 0.326 e. The van der Waals surface area contributed by atoms with Crippen LogP contribution in [0.2, 0.25) is 0 Å². The van der Waals surface area contributed by atoms with Crippen molar-refractivity contribution < 1.29 is 22.4 Å². The van der Waals surface area contributed by atoms with E-state index < -0.39 is 27.0 Å². The van der Waals surface area contributed by atoms with Crippen LogP contribution in [-0.4, -0.2) is 42.1 Å². The normalized spacial score (nSPS) is 17.9. The Labute approximate surface area is 177 Å². The average Bonchev–Trinajstić information content (AvgIpc) is 2.97. The summed E-state index contributed by atoms with van der Waals surface area (Å²) in [6.07, 6.45) is 1.28. The van der Waals surface area contributed by atoms with Crippen LogP contribution in [0.15, 0.2) is 76.5 Å². The molecule has 0 bridgehead atoms. The fourth-order valence-corrected chi connectivity index (χ4v) is 5.04. The van der Waals surface area contributed by atoms with E-state index in [-0.39, 0.29) is 28.9 Å². The monoisotopic (exact) mass is 447 g/mol. The molecule has 1 aliphatic heterocycles. The van der Waals surface area contributed by atoms with Gasteiger partial charge in [-0.3, -0.25) is 14.5 Å². The molecule has 156 valence electrons. The molecule has 0 saturated carbocycles. The maximum atomic E-state index is 13.1. The lowest BCUT2D eigenvalue weighted by molar-refractivity contribution is -0.127. The van der Waals surface area contributed by atoms with Gasteiger partial charge in [0.15, 0.2) is 5.17 Å². The zero-order valence-corrected chi connectivity index (χ0v) is 17.3. The van der Waals surface area contributed by atoms with Gasteiger partial charge < -0.3 is 5.32 Å². The van der Waals surface area contributed by atoms with Gasteiger partial charge in [0, 0.05) is 18.7 Å². The smallest absolute Gasteiger partial charge is 0.284 e. The zero-order chi connectivity index (χ0) is 21.7. The molecule has 1 unspecified atom stereocenters. The second-order valence-electron chi connectivity index (χ2n) is 6.27. The molecule has 1 atom stereocenters. The molecule has 3 rings (SSSR count). The first-order valence-electron chi connectivity index (χ1n) is 8.84. The molecule has 7 nitrogen and oxygen atoms in total. The van der Waals surface area contributed by atoms with E-state index >= 15 is 0 Å². The molecule has 0 spiro atoms. The van der Waals surface area contributed by atoms with Crippen molar-refractivity contribution in [1.82, 2.24) is 4.90 Å². The van der Waals surface area contributed by atoms with Crippen LogP contribution < -0.4 is 5.32 Å². The minimum absolute atomic E-state index is 0.0421. The van der Waals surface area contributed by atoms with Crippen molar-refractivity contribution in [3.8, 4) is 0 Å². The van der Waals surface area contributed by atoms with E-state index in [1.165, 1.54) is 11.0 Å². The van der Waals surface area contributed by atoms with Crippen molar-refractivity contribution in [3.63, 3.8) is 0 Å². The van der Waals surface area contributed by atoms with Gasteiger partial charge in [-0.15, -0.1) is 11.0 Å². The number of halogens is 1. The standard InChI is InChI=1S/C20H18FN3O4S2/c1-2-12-24-19(26)17(13-18(25)22-15-6-4-3-5-7-15)29-20(24)23-30(27,28)16-10-8-14(21)9-11-16/h2-11,17H,1,12-13H2,(H,22,25)/b23-20+. The number of hydrogen-bond donors (Lipinski definition) is 1. The Morgan fingerprint density at radius 2 is 1.87 bits per heavy atom. The number of benzene rings is 2. The molecular formula is C20H18FN3O4S2. The summed E-state index contributed by atoms with van der Waals surface area (Å²) >= 11 is 0.895. The first-order chi connectivity index (χ1) is 14.3. The summed E-state index contributed by atoms with van der Waals surface area (Å²) in [4.78, 5) is 26.0. The predicted molar refractivity (Wildman–Crippen MR) is 114 cm³/mol. The summed E-state index contributed by atoms with van der Waals surface area (Å²) < 4.78 is 42.0. The second-order valence-corrected chi connectivity index (χ2v) is 9.04. The molecule has 10 heteroatoms. The van der Waals surface area contributed by atoms with Gasteiger partial charge in [0.25, 0.3) is 10.0 Å². The Morgan fingerprint density at radius 1 is 1.20 bits per heavy atom. The predicted octanol–water partition coefficient (Wildman–Crippen LogP) is 3.03. The van der Waals surface area contributed by atoms with Crippen LogP contribution in [0.1, 0.15) is 6.42 Å². The summed E-state index contributed by atoms with van der Waals surface area (Å²) in [6.45, 7) is 3.61. The van der Waals surface area contributed by atoms with Crippen LogP contribution in [-0.2, 0) is 19.6 Å². The minimum atomic E-state index is -4.16. The highest BCUT2D eigenvalue weighted by Crippen LogP contribution is 2.31. The number of carbonyl (C=O) groups excluding carboxylic acids is 2. The quantitative estimate of drug-likeness (QED) is 0.659. The Balaban J connectivity index is 1.80. The number of rotatable bonds is 7. The number of sulfonamides is 1. The molecule has 30 heavy (non-hydrogen) atoms. The number of thioether (sulfide) groups is 1. The molecule has 1 fully saturated rings. The Hall–Kier alpha value is -2.98. The molecule has 2 amide bonds. The van der Waals surface area contributed by atoms with Crippen LogP contribution in [0, 0.1) is 5.82 Å². The summed E-state index contributed by atoms with van der Waals surface area (Å²) in [6, 6.07) is 13.0. The summed E-state index contributed by atoms with van der Waals surface area (Å²) in [5.74, 6) is -1.39. The Kier molecular flexibility index (Phi) is 6.68. The van der Waals surface area contributed by atoms with Crippen molar-refractivity contribution in [1.29, 1.82) is 0 Å². The van der Waals surface area contributed by atoms with Crippen molar-refractivity contribution in [2.45, 2.75) is 16.6 Å². The van der Waals surface area contributed by atoms with Gasteiger partial charge >= 0.3 is 0 Å². The maximum absolute atomic E-state index is 13.1. The molecular weight excluding hydrogens is 429 g/mol. The fraction of sp³-hybridized carbons (Fsp3) is 0.150. The lowest BCUT2D eigenvalue weighted by Crippen LogP contribution is -2.33. The number of anilines is 1. The number of nitrogens with zero attached hydrogens (tertiary/aromatic N) is 2. The molecule has 0 radical (unpaired) electrons. The molecule has 2 aromatic rings. The number of amidine groups is 1. The van der Waals surface area contributed by atoms with Crippen molar-refractivity contribution in [2.75, 3.05) is 11.9 Å². The number of nitrogens with one attached hydrogen (secondary N) is 1. The molecule has 0 aromatic heterocycles. The molecule has 1 heterocycles. The van der Waals surface area contributed by atoms with E-state index in [2.05, 4.69) is 16.3 Å². The number of amides is 2. The van der Waals surface area contributed by atoms with E-state index in [1.807, 2.05) is 6.07 Å². The van der Waals surface area contributed by atoms with Gasteiger partial charge in [0.2, 0.25) is 11.8 Å². The SMILES string of the molecule is C=CCN1C(=O)C(CC(=O)Nc2ccccc2)S/C1=N/S(=O)(=O)c1ccc(F)cc1. The van der Waals surface area contributed by atoms with Crippen LogP contribution in [0.3, 0.4) is 0 Å². The lowest BCUT2D eigenvalue weighted by Gasteiger charge is -2.13. The van der Waals surface area contributed by atoms with Crippen molar-refractivity contribution in [2.24, 2.45) is 4.40 Å². The molecule has 1 N–H and O–H groups in total. The number of carbonyl (C=O) groups is 2. The molecule has 2 aromatic carbocycles.